The monoisotopic (exact) mass is 278 g/mol. The van der Waals surface area contributed by atoms with Gasteiger partial charge >= 0.3 is 0 Å². The van der Waals surface area contributed by atoms with Gasteiger partial charge in [0.05, 0.1) is 11.0 Å². The Morgan fingerprint density at radius 2 is 2.15 bits per heavy atom. The molecule has 0 heterocycles. The van der Waals surface area contributed by atoms with E-state index in [0.717, 1.165) is 0 Å². The van der Waals surface area contributed by atoms with Gasteiger partial charge in [-0.15, -0.1) is 0 Å². The Hall–Kier alpha value is -1.95. The number of nitro groups is 1. The van der Waals surface area contributed by atoms with Gasteiger partial charge in [-0.25, -0.2) is 0 Å². The Labute approximate surface area is 117 Å². The Balaban J connectivity index is 2.08. The molecule has 0 radical (unpaired) electrons. The predicted octanol–water partition coefficient (Wildman–Crippen LogP) is 1.75. The molecular formula is C14H18N2O4. The fourth-order valence-electron chi connectivity index (χ4n) is 2.48. The molecule has 0 aliphatic heterocycles. The zero-order chi connectivity index (χ0) is 14.9. The lowest BCUT2D eigenvalue weighted by molar-refractivity contribution is -0.385. The van der Waals surface area contributed by atoms with E-state index in [0.29, 0.717) is 36.4 Å². The van der Waals surface area contributed by atoms with Crippen LogP contribution in [-0.4, -0.2) is 40.5 Å². The molecule has 1 aliphatic carbocycles. The number of nitrogens with zero attached hydrogens (tertiary/aromatic N) is 2. The third kappa shape index (κ3) is 2.96. The second-order valence-electron chi connectivity index (χ2n) is 5.44. The molecule has 20 heavy (non-hydrogen) atoms. The highest BCUT2D eigenvalue weighted by Gasteiger charge is 2.29. The van der Waals surface area contributed by atoms with Crippen LogP contribution in [-0.2, 0) is 0 Å². The summed E-state index contributed by atoms with van der Waals surface area (Å²) < 4.78 is 0. The minimum atomic E-state index is -0.478. The van der Waals surface area contributed by atoms with Crippen LogP contribution in [0.4, 0.5) is 5.69 Å². The summed E-state index contributed by atoms with van der Waals surface area (Å²) in [5.41, 5.74) is 0.823. The van der Waals surface area contributed by atoms with Crippen molar-refractivity contribution in [2.75, 3.05) is 13.6 Å². The van der Waals surface area contributed by atoms with E-state index < -0.39 is 4.92 Å². The van der Waals surface area contributed by atoms with Gasteiger partial charge in [0.1, 0.15) is 0 Å². The Morgan fingerprint density at radius 1 is 1.50 bits per heavy atom. The lowest BCUT2D eigenvalue weighted by Gasteiger charge is -2.34. The number of carbonyl (C=O) groups is 1. The van der Waals surface area contributed by atoms with Gasteiger partial charge in [0.2, 0.25) is 0 Å². The number of hydrogen-bond acceptors (Lipinski definition) is 4. The van der Waals surface area contributed by atoms with Crippen molar-refractivity contribution in [3.63, 3.8) is 0 Å². The summed E-state index contributed by atoms with van der Waals surface area (Å²) in [6, 6.07) is 4.52. The summed E-state index contributed by atoms with van der Waals surface area (Å²) in [7, 11) is 1.68. The van der Waals surface area contributed by atoms with E-state index in [2.05, 4.69) is 0 Å². The maximum atomic E-state index is 12.2. The smallest absolute Gasteiger partial charge is 0.273 e. The predicted molar refractivity (Wildman–Crippen MR) is 73.5 cm³/mol. The topological polar surface area (TPSA) is 83.7 Å². The van der Waals surface area contributed by atoms with Gasteiger partial charge in [-0.2, -0.15) is 0 Å². The van der Waals surface area contributed by atoms with E-state index in [1.165, 1.54) is 6.07 Å². The Morgan fingerprint density at radius 3 is 2.70 bits per heavy atom. The largest absolute Gasteiger partial charge is 0.393 e. The first kappa shape index (κ1) is 14.5. The maximum Gasteiger partial charge on any atom is 0.273 e. The highest BCUT2D eigenvalue weighted by atomic mass is 16.6. The first-order chi connectivity index (χ1) is 9.38. The third-order valence-electron chi connectivity index (χ3n) is 3.74. The van der Waals surface area contributed by atoms with Crippen LogP contribution in [0.2, 0.25) is 0 Å². The van der Waals surface area contributed by atoms with Crippen LogP contribution >= 0.6 is 0 Å². The third-order valence-corrected chi connectivity index (χ3v) is 3.74. The van der Waals surface area contributed by atoms with Crippen molar-refractivity contribution < 1.29 is 14.8 Å². The summed E-state index contributed by atoms with van der Waals surface area (Å²) >= 11 is 0. The van der Waals surface area contributed by atoms with Gasteiger partial charge in [0.25, 0.3) is 11.6 Å². The molecule has 0 bridgehead atoms. The molecule has 0 unspecified atom stereocenters. The van der Waals surface area contributed by atoms with Crippen molar-refractivity contribution in [1.82, 2.24) is 4.90 Å². The fraction of sp³-hybridized carbons (Fsp3) is 0.500. The molecule has 2 rings (SSSR count). The van der Waals surface area contributed by atoms with Crippen molar-refractivity contribution >= 4 is 11.6 Å². The standard InChI is InChI=1S/C14H18N2O4/c1-9-3-4-11(7-13(9)16(19)20)14(18)15(2)8-10-5-12(17)6-10/h3-4,7,10,12,17H,5-6,8H2,1-2H3. The van der Waals surface area contributed by atoms with Crippen LogP contribution in [0.1, 0.15) is 28.8 Å². The molecule has 6 nitrogen and oxygen atoms in total. The first-order valence-corrected chi connectivity index (χ1v) is 6.57. The Kier molecular flexibility index (Phi) is 4.04. The second kappa shape index (κ2) is 5.58. The molecular weight excluding hydrogens is 260 g/mol. The fourth-order valence-corrected chi connectivity index (χ4v) is 2.48. The number of hydrogen-bond donors (Lipinski definition) is 1. The molecule has 1 aromatic carbocycles. The van der Waals surface area contributed by atoms with E-state index >= 15 is 0 Å². The lowest BCUT2D eigenvalue weighted by Crippen LogP contribution is -2.39. The summed E-state index contributed by atoms with van der Waals surface area (Å²) in [4.78, 5) is 24.2. The molecule has 108 valence electrons. The molecule has 6 heteroatoms. The van der Waals surface area contributed by atoms with Gasteiger partial charge < -0.3 is 10.0 Å². The van der Waals surface area contributed by atoms with Gasteiger partial charge in [-0.05, 0) is 31.7 Å². The highest BCUT2D eigenvalue weighted by Crippen LogP contribution is 2.28. The molecule has 0 aromatic heterocycles. The zero-order valence-electron chi connectivity index (χ0n) is 11.6. The van der Waals surface area contributed by atoms with Gasteiger partial charge in [-0.1, -0.05) is 6.07 Å². The second-order valence-corrected chi connectivity index (χ2v) is 5.44. The van der Waals surface area contributed by atoms with Crippen LogP contribution in [0.3, 0.4) is 0 Å². The van der Waals surface area contributed by atoms with Crippen molar-refractivity contribution in [1.29, 1.82) is 0 Å². The van der Waals surface area contributed by atoms with Gasteiger partial charge in [0.15, 0.2) is 0 Å². The molecule has 1 N–H and O–H groups in total. The highest BCUT2D eigenvalue weighted by molar-refractivity contribution is 5.94. The van der Waals surface area contributed by atoms with E-state index in [1.807, 2.05) is 0 Å². The minimum Gasteiger partial charge on any atom is -0.393 e. The molecule has 1 aliphatic rings. The molecule has 0 atom stereocenters. The van der Waals surface area contributed by atoms with E-state index in [4.69, 9.17) is 0 Å². The number of nitro benzene ring substituents is 1. The quantitative estimate of drug-likeness (QED) is 0.671. The average molecular weight is 278 g/mol. The molecule has 1 fully saturated rings. The van der Waals surface area contributed by atoms with Crippen LogP contribution < -0.4 is 0 Å². The number of aliphatic hydroxyl groups is 1. The number of rotatable bonds is 4. The van der Waals surface area contributed by atoms with Crippen molar-refractivity contribution in [3.05, 3.63) is 39.4 Å². The number of amides is 1. The van der Waals surface area contributed by atoms with Crippen molar-refractivity contribution in [2.45, 2.75) is 25.9 Å². The molecule has 0 saturated heterocycles. The van der Waals surface area contributed by atoms with Gasteiger partial charge in [-0.3, -0.25) is 14.9 Å². The number of aliphatic hydroxyl groups excluding tert-OH is 1. The average Bonchev–Trinajstić information content (AvgIpc) is 2.36. The Bertz CT molecular complexity index is 538. The van der Waals surface area contributed by atoms with Crippen LogP contribution in [0, 0.1) is 23.0 Å². The number of carbonyl (C=O) groups excluding carboxylic acids is 1. The van der Waals surface area contributed by atoms with E-state index in [-0.39, 0.29) is 17.7 Å². The number of aryl methyl sites for hydroxylation is 1. The summed E-state index contributed by atoms with van der Waals surface area (Å²) in [6.45, 7) is 2.21. The van der Waals surface area contributed by atoms with Crippen LogP contribution in [0.25, 0.3) is 0 Å². The van der Waals surface area contributed by atoms with Gasteiger partial charge in [0, 0.05) is 30.8 Å². The van der Waals surface area contributed by atoms with E-state index in [1.54, 1.807) is 31.0 Å². The zero-order valence-corrected chi connectivity index (χ0v) is 11.6. The maximum absolute atomic E-state index is 12.2. The van der Waals surface area contributed by atoms with Crippen LogP contribution in [0.5, 0.6) is 0 Å². The van der Waals surface area contributed by atoms with E-state index in [9.17, 15) is 20.0 Å². The first-order valence-electron chi connectivity index (χ1n) is 6.57. The lowest BCUT2D eigenvalue weighted by atomic mass is 9.82. The SMILES string of the molecule is Cc1ccc(C(=O)N(C)CC2CC(O)C2)cc1[N+](=O)[O-]. The summed E-state index contributed by atoms with van der Waals surface area (Å²) in [5, 5.41) is 20.1. The normalized spacial score (nSPS) is 21.1. The van der Waals surface area contributed by atoms with Crippen molar-refractivity contribution in [3.8, 4) is 0 Å². The van der Waals surface area contributed by atoms with Crippen LogP contribution in [0.15, 0.2) is 18.2 Å². The summed E-state index contributed by atoms with van der Waals surface area (Å²) in [5.74, 6) is 0.0915. The van der Waals surface area contributed by atoms with Crippen molar-refractivity contribution in [2.24, 2.45) is 5.92 Å². The molecule has 1 saturated carbocycles. The molecule has 1 amide bonds. The number of benzene rings is 1. The summed E-state index contributed by atoms with van der Waals surface area (Å²) in [6.07, 6.45) is 1.18. The molecule has 1 aromatic rings. The molecule has 0 spiro atoms. The minimum absolute atomic E-state index is 0.0386.